The Morgan fingerprint density at radius 1 is 0.556 bits per heavy atom. The lowest BCUT2D eigenvalue weighted by molar-refractivity contribution is -0.111. The third-order valence-corrected chi connectivity index (χ3v) is 18.3. The second-order valence-corrected chi connectivity index (χ2v) is 22.8. The second-order valence-electron chi connectivity index (χ2n) is 17.2. The fraction of sp³-hybridized carbons (Fsp3) is 0.780. The summed E-state index contributed by atoms with van der Waals surface area (Å²) in [5.74, 6) is 2.31. The maximum atomic E-state index is 13.7. The fourth-order valence-electron chi connectivity index (χ4n) is 11.1. The van der Waals surface area contributed by atoms with E-state index in [0.29, 0.717) is 73.2 Å². The van der Waals surface area contributed by atoms with Gasteiger partial charge < -0.3 is 18.9 Å². The van der Waals surface area contributed by atoms with Crippen LogP contribution in [0.3, 0.4) is 0 Å². The third-order valence-electron chi connectivity index (χ3n) is 13.8. The largest absolute Gasteiger partial charge is 0.748 e. The summed E-state index contributed by atoms with van der Waals surface area (Å²) in [6.45, 7) is 1.07. The Morgan fingerprint density at radius 2 is 0.963 bits per heavy atom. The van der Waals surface area contributed by atoms with Gasteiger partial charge in [-0.05, 0) is 100 Å². The van der Waals surface area contributed by atoms with E-state index in [1.165, 1.54) is 77.0 Å². The Bertz CT molecular complexity index is 1570. The van der Waals surface area contributed by atoms with Gasteiger partial charge in [0.25, 0.3) is 0 Å². The number of allylic oxidation sites excluding steroid dienone is 6. The number of nitrogens with zero attached hydrogens (tertiary/aromatic N) is 2. The summed E-state index contributed by atoms with van der Waals surface area (Å²) in [7, 11) is -8.56. The summed E-state index contributed by atoms with van der Waals surface area (Å²) in [6.07, 6.45) is 30.3. The van der Waals surface area contributed by atoms with Crippen molar-refractivity contribution in [1.29, 1.82) is 0 Å². The standard InChI is InChI=1S/C41H62N2O7S4/c44-41-31(17-21-39-42(23-7-25-53(45,46)47)35-27-33(15-19-37(35)51-39)29-9-3-1-4-10-29)13-14-32(41)18-22-40-43(24-8-26-54(48,49)50)36-28-34(16-20-38(36)52-40)30-11-5-2-6-12-30/h17-18,21-22,29-30,33-38H,1-16,19-20,23-28H2,(H,45,46,47)(H,48,49,50)/p-2/b31-17+,32-18+,39-21-,40-22-. The summed E-state index contributed by atoms with van der Waals surface area (Å²) in [5, 5.41) is 3.07. The summed E-state index contributed by atoms with van der Waals surface area (Å²) < 4.78 is 68.9. The van der Waals surface area contributed by atoms with Crippen LogP contribution in [-0.4, -0.2) is 88.7 Å². The van der Waals surface area contributed by atoms with E-state index in [4.69, 9.17) is 0 Å². The molecule has 0 bridgehead atoms. The molecule has 7 rings (SSSR count). The van der Waals surface area contributed by atoms with Crippen molar-refractivity contribution >= 4 is 49.5 Å². The van der Waals surface area contributed by atoms with E-state index in [1.807, 2.05) is 35.7 Å². The molecule has 6 atom stereocenters. The molecule has 5 aliphatic carbocycles. The Labute approximate surface area is 333 Å². The highest BCUT2D eigenvalue weighted by Crippen LogP contribution is 2.51. The number of fused-ring (bicyclic) bond motifs is 2. The molecular weight excluding hydrogens is 761 g/mol. The predicted octanol–water partition coefficient (Wildman–Crippen LogP) is 8.09. The molecule has 0 amide bonds. The molecule has 9 nitrogen and oxygen atoms in total. The van der Waals surface area contributed by atoms with Crippen LogP contribution in [0.15, 0.2) is 45.5 Å². The van der Waals surface area contributed by atoms with Crippen LogP contribution in [0.4, 0.5) is 0 Å². The van der Waals surface area contributed by atoms with Crippen LogP contribution in [0, 0.1) is 23.7 Å². The van der Waals surface area contributed by atoms with Crippen molar-refractivity contribution in [2.24, 2.45) is 23.7 Å². The van der Waals surface area contributed by atoms with Gasteiger partial charge in [0, 0.05) is 58.3 Å². The molecule has 2 aliphatic heterocycles. The van der Waals surface area contributed by atoms with Gasteiger partial charge in [-0.2, -0.15) is 0 Å². The lowest BCUT2D eigenvalue weighted by Crippen LogP contribution is -2.41. The van der Waals surface area contributed by atoms with Gasteiger partial charge in [0.05, 0.1) is 30.3 Å². The minimum atomic E-state index is -4.28. The van der Waals surface area contributed by atoms with E-state index in [9.17, 15) is 30.7 Å². The quantitative estimate of drug-likeness (QED) is 0.140. The SMILES string of the molecule is O=C1/C(=C/C=C2\SC3CCC(C4CCCCC4)CC3N2CCCS(=O)(=O)[O-])CC/C1=C\C=C1/SC2CCC(C3CCCCC3)CC2N1CCCS(=O)(=O)[O-]. The zero-order valence-corrected chi connectivity index (χ0v) is 35.0. The monoisotopic (exact) mass is 820 g/mol. The van der Waals surface area contributed by atoms with Crippen LogP contribution in [0.25, 0.3) is 0 Å². The molecule has 6 unspecified atom stereocenters. The first-order valence-corrected chi connectivity index (χ1v) is 25.9. The molecule has 5 saturated carbocycles. The average Bonchev–Trinajstić information content (AvgIpc) is 3.81. The van der Waals surface area contributed by atoms with Crippen molar-refractivity contribution in [1.82, 2.24) is 9.80 Å². The number of carbonyl (C=O) groups excluding carboxylic acids is 1. The minimum Gasteiger partial charge on any atom is -0.748 e. The van der Waals surface area contributed by atoms with Crippen LogP contribution in [-0.2, 0) is 25.0 Å². The zero-order valence-electron chi connectivity index (χ0n) is 31.8. The molecular formula is C41H60N2O7S4-2. The first-order chi connectivity index (χ1) is 25.9. The highest BCUT2D eigenvalue weighted by molar-refractivity contribution is 8.04. The topological polar surface area (TPSA) is 138 Å². The van der Waals surface area contributed by atoms with Gasteiger partial charge in [-0.1, -0.05) is 76.4 Å². The van der Waals surface area contributed by atoms with Gasteiger partial charge in [-0.15, -0.1) is 23.5 Å². The van der Waals surface area contributed by atoms with Gasteiger partial charge in [0.15, 0.2) is 5.78 Å². The first-order valence-electron chi connectivity index (χ1n) is 21.0. The molecule has 0 aromatic carbocycles. The number of hydrogen-bond donors (Lipinski definition) is 0. The van der Waals surface area contributed by atoms with Crippen LogP contribution in [0.2, 0.25) is 0 Å². The Kier molecular flexibility index (Phi) is 13.7. The predicted molar refractivity (Wildman–Crippen MR) is 217 cm³/mol. The van der Waals surface area contributed by atoms with Crippen molar-refractivity contribution in [3.05, 3.63) is 45.5 Å². The summed E-state index contributed by atoms with van der Waals surface area (Å²) in [4.78, 5) is 18.5. The molecule has 0 N–H and O–H groups in total. The zero-order chi connectivity index (χ0) is 37.9. The fourth-order valence-corrected chi connectivity index (χ4v) is 15.0. The molecule has 7 fully saturated rings. The summed E-state index contributed by atoms with van der Waals surface area (Å²) in [5.41, 5.74) is 1.57. The van der Waals surface area contributed by atoms with E-state index < -0.39 is 20.2 Å². The van der Waals surface area contributed by atoms with Crippen molar-refractivity contribution in [3.8, 4) is 0 Å². The normalized spacial score (nSPS) is 34.8. The van der Waals surface area contributed by atoms with Crippen molar-refractivity contribution < 1.29 is 30.7 Å². The maximum absolute atomic E-state index is 13.7. The summed E-state index contributed by atoms with van der Waals surface area (Å²) in [6, 6.07) is 0.663. The maximum Gasteiger partial charge on any atom is 0.185 e. The lowest BCUT2D eigenvalue weighted by atomic mass is 9.72. The van der Waals surface area contributed by atoms with Crippen molar-refractivity contribution in [2.45, 2.75) is 151 Å². The highest BCUT2D eigenvalue weighted by atomic mass is 32.2. The molecule has 7 aliphatic rings. The highest BCUT2D eigenvalue weighted by Gasteiger charge is 2.45. The molecule has 0 aromatic heterocycles. The van der Waals surface area contributed by atoms with Gasteiger partial charge >= 0.3 is 0 Å². The smallest absolute Gasteiger partial charge is 0.185 e. The van der Waals surface area contributed by atoms with Crippen LogP contribution < -0.4 is 0 Å². The second kappa shape index (κ2) is 18.1. The number of carbonyl (C=O) groups is 1. The average molecular weight is 821 g/mol. The molecule has 0 radical (unpaired) electrons. The molecule has 54 heavy (non-hydrogen) atoms. The first kappa shape index (κ1) is 40.9. The van der Waals surface area contributed by atoms with Gasteiger partial charge in [0.1, 0.15) is 0 Å². The third kappa shape index (κ3) is 10.4. The van der Waals surface area contributed by atoms with E-state index >= 15 is 0 Å². The van der Waals surface area contributed by atoms with Crippen LogP contribution in [0.1, 0.15) is 128 Å². The minimum absolute atomic E-state index is 0.0623. The molecule has 0 spiro atoms. The summed E-state index contributed by atoms with van der Waals surface area (Å²) >= 11 is 3.73. The van der Waals surface area contributed by atoms with Gasteiger partial charge in [0.2, 0.25) is 0 Å². The Morgan fingerprint density at radius 3 is 1.35 bits per heavy atom. The van der Waals surface area contributed by atoms with Crippen molar-refractivity contribution in [3.63, 3.8) is 0 Å². The van der Waals surface area contributed by atoms with Gasteiger partial charge in [-0.25, -0.2) is 16.8 Å². The Hall–Kier alpha value is -1.25. The van der Waals surface area contributed by atoms with Crippen LogP contribution >= 0.6 is 23.5 Å². The van der Waals surface area contributed by atoms with Crippen molar-refractivity contribution in [2.75, 3.05) is 24.6 Å². The van der Waals surface area contributed by atoms with Gasteiger partial charge in [-0.3, -0.25) is 4.79 Å². The molecule has 0 aromatic rings. The van der Waals surface area contributed by atoms with E-state index in [2.05, 4.69) is 22.0 Å². The lowest BCUT2D eigenvalue weighted by Gasteiger charge is -2.40. The van der Waals surface area contributed by atoms with Crippen LogP contribution in [0.5, 0.6) is 0 Å². The van der Waals surface area contributed by atoms with E-state index in [-0.39, 0.29) is 17.3 Å². The number of thioether (sulfide) groups is 2. The van der Waals surface area contributed by atoms with E-state index in [0.717, 1.165) is 58.7 Å². The van der Waals surface area contributed by atoms with E-state index in [1.54, 1.807) is 0 Å². The molecule has 302 valence electrons. The number of Topliss-reactive ketones (excluding diaryl/α,β-unsaturated/α-hetero) is 1. The Balaban J connectivity index is 1.05. The molecule has 2 saturated heterocycles. The number of rotatable bonds is 12. The molecule has 13 heteroatoms. The number of ketones is 1. The molecule has 2 heterocycles. The number of hydrogen-bond acceptors (Lipinski definition) is 11.